The van der Waals surface area contributed by atoms with Crippen molar-refractivity contribution < 1.29 is 18.3 Å². The van der Waals surface area contributed by atoms with E-state index in [1.165, 1.54) is 25.3 Å². The van der Waals surface area contributed by atoms with Gasteiger partial charge in [-0.1, -0.05) is 44.6 Å². The van der Waals surface area contributed by atoms with Gasteiger partial charge in [0, 0.05) is 24.2 Å². The Morgan fingerprint density at radius 3 is 2.46 bits per heavy atom. The molecule has 0 saturated heterocycles. The lowest BCUT2D eigenvalue weighted by atomic mass is 9.96. The van der Waals surface area contributed by atoms with Crippen LogP contribution in [0, 0.1) is 18.3 Å². The summed E-state index contributed by atoms with van der Waals surface area (Å²) in [6.07, 6.45) is 15.8. The third-order valence-electron chi connectivity index (χ3n) is 5.02. The highest BCUT2D eigenvalue weighted by Crippen LogP contribution is 2.31. The molecule has 0 spiro atoms. The van der Waals surface area contributed by atoms with Gasteiger partial charge in [-0.3, -0.25) is 4.79 Å². The molecular formula is C27H38F2N4O2. The van der Waals surface area contributed by atoms with Crippen LogP contribution in [0.25, 0.3) is 0 Å². The number of nitrogens with one attached hydrogen (secondary N) is 2. The molecule has 6 nitrogen and oxygen atoms in total. The predicted molar refractivity (Wildman–Crippen MR) is 138 cm³/mol. The van der Waals surface area contributed by atoms with Crippen molar-refractivity contribution in [3.8, 4) is 12.8 Å². The van der Waals surface area contributed by atoms with Crippen molar-refractivity contribution >= 4 is 11.6 Å². The molecule has 1 unspecified atom stereocenters. The smallest absolute Gasteiger partial charge is 0.289 e. The standard InChI is InChI=1S/C23H30F2N4O2.C2H6.C2H2/c1-6-7-8-14(2)11-15(3)12-17(26)20-19-18(27-13-28-19)9-10-29(20)23(30)21(31-5)16(4)22(24)25;2*1-2/h7-8,11-13,20,22,26H,6,9-10H2,1-5H3,(H,27,28);1-2H3;1-2H/b8-7-,14-11-,15-12+,21-16+,26-17?;;. The second kappa shape index (κ2) is 16.2. The molecule has 0 fully saturated rings. The van der Waals surface area contributed by atoms with Crippen LogP contribution in [0.15, 0.2) is 53.1 Å². The number of hydrogen-bond donors (Lipinski definition) is 2. The summed E-state index contributed by atoms with van der Waals surface area (Å²) in [6, 6.07) is -0.798. The minimum atomic E-state index is -2.81. The summed E-state index contributed by atoms with van der Waals surface area (Å²) in [7, 11) is 1.20. The van der Waals surface area contributed by atoms with Crippen molar-refractivity contribution in [2.24, 2.45) is 0 Å². The molecule has 2 N–H and O–H groups in total. The molecule has 0 aromatic carbocycles. The molecule has 1 atom stereocenters. The molecule has 1 aliphatic rings. The van der Waals surface area contributed by atoms with Crippen molar-refractivity contribution in [1.29, 1.82) is 5.41 Å². The number of terminal acetylenes is 1. The fraction of sp³-hybridized carbons (Fsp3) is 0.444. The maximum absolute atomic E-state index is 13.2. The van der Waals surface area contributed by atoms with Crippen LogP contribution in [-0.2, 0) is 16.0 Å². The number of carbonyl (C=O) groups is 1. The van der Waals surface area contributed by atoms with Gasteiger partial charge in [0.15, 0.2) is 5.76 Å². The normalized spacial score (nSPS) is 16.5. The molecule has 0 saturated carbocycles. The number of nitrogens with zero attached hydrogens (tertiary/aromatic N) is 2. The first-order chi connectivity index (χ1) is 16.7. The van der Waals surface area contributed by atoms with Crippen LogP contribution in [0.1, 0.15) is 65.4 Å². The number of methoxy groups -OCH3 is 1. The number of fused-ring (bicyclic) bond motifs is 1. The fourth-order valence-electron chi connectivity index (χ4n) is 3.53. The summed E-state index contributed by atoms with van der Waals surface area (Å²) in [5.41, 5.74) is 2.97. The highest BCUT2D eigenvalue weighted by atomic mass is 19.3. The quantitative estimate of drug-likeness (QED) is 0.151. The first-order valence-corrected chi connectivity index (χ1v) is 11.5. The van der Waals surface area contributed by atoms with Crippen LogP contribution in [-0.4, -0.2) is 46.6 Å². The number of imidazole rings is 1. The molecule has 8 heteroatoms. The highest BCUT2D eigenvalue weighted by molar-refractivity contribution is 6.03. The van der Waals surface area contributed by atoms with Gasteiger partial charge in [0.25, 0.3) is 12.3 Å². The van der Waals surface area contributed by atoms with E-state index in [0.717, 1.165) is 23.3 Å². The second-order valence-electron chi connectivity index (χ2n) is 7.48. The average molecular weight is 489 g/mol. The Morgan fingerprint density at radius 1 is 1.29 bits per heavy atom. The number of H-pyrrole nitrogens is 1. The molecule has 1 aromatic heterocycles. The molecule has 0 aliphatic carbocycles. The van der Waals surface area contributed by atoms with Crippen LogP contribution < -0.4 is 0 Å². The van der Waals surface area contributed by atoms with Crippen LogP contribution in [0.3, 0.4) is 0 Å². The zero-order chi connectivity index (χ0) is 27.1. The van der Waals surface area contributed by atoms with Gasteiger partial charge in [-0.25, -0.2) is 13.8 Å². The zero-order valence-corrected chi connectivity index (χ0v) is 21.8. The van der Waals surface area contributed by atoms with Crippen molar-refractivity contribution in [3.63, 3.8) is 0 Å². The second-order valence-corrected chi connectivity index (χ2v) is 7.48. The lowest BCUT2D eigenvalue weighted by molar-refractivity contribution is -0.132. The summed E-state index contributed by atoms with van der Waals surface area (Å²) in [4.78, 5) is 21.9. The Morgan fingerprint density at radius 2 is 1.91 bits per heavy atom. The van der Waals surface area contributed by atoms with E-state index in [1.54, 1.807) is 6.08 Å². The molecule has 2 rings (SSSR count). The molecule has 1 amide bonds. The van der Waals surface area contributed by atoms with Crippen molar-refractivity contribution in [3.05, 3.63) is 64.5 Å². The number of aromatic amines is 1. The Hall–Kier alpha value is -3.47. The van der Waals surface area contributed by atoms with Crippen molar-refractivity contribution in [1.82, 2.24) is 14.9 Å². The summed E-state index contributed by atoms with van der Waals surface area (Å²) in [6.45, 7) is 11.3. The third kappa shape index (κ3) is 8.67. The topological polar surface area (TPSA) is 82.1 Å². The number of carbonyl (C=O) groups excluding carboxylic acids is 1. The molecular weight excluding hydrogens is 450 g/mol. The molecule has 35 heavy (non-hydrogen) atoms. The van der Waals surface area contributed by atoms with Gasteiger partial charge in [-0.15, -0.1) is 12.8 Å². The maximum atomic E-state index is 13.2. The number of halogens is 2. The first-order valence-electron chi connectivity index (χ1n) is 11.5. The number of hydrogen-bond acceptors (Lipinski definition) is 4. The highest BCUT2D eigenvalue weighted by Gasteiger charge is 2.37. The Bertz CT molecular complexity index is 984. The van der Waals surface area contributed by atoms with Crippen LogP contribution in [0.4, 0.5) is 8.78 Å². The minimum Gasteiger partial charge on any atom is -0.491 e. The number of allylic oxidation sites excluding steroid dienone is 6. The lowest BCUT2D eigenvalue weighted by Gasteiger charge is -2.35. The summed E-state index contributed by atoms with van der Waals surface area (Å²) in [5.74, 6) is -1.07. The zero-order valence-electron chi connectivity index (χ0n) is 21.8. The van der Waals surface area contributed by atoms with E-state index >= 15 is 0 Å². The molecule has 0 radical (unpaired) electrons. The van der Waals surface area contributed by atoms with Gasteiger partial charge in [0.1, 0.15) is 6.04 Å². The number of alkyl halides is 2. The third-order valence-corrected chi connectivity index (χ3v) is 5.02. The van der Waals surface area contributed by atoms with Gasteiger partial charge in [0.2, 0.25) is 0 Å². The summed E-state index contributed by atoms with van der Waals surface area (Å²) < 4.78 is 31.5. The molecule has 0 bridgehead atoms. The number of ether oxygens (including phenoxy) is 1. The lowest BCUT2D eigenvalue weighted by Crippen LogP contribution is -2.44. The molecule has 2 heterocycles. The van der Waals surface area contributed by atoms with Crippen molar-refractivity contribution in [2.45, 2.75) is 66.9 Å². The van der Waals surface area contributed by atoms with E-state index in [9.17, 15) is 13.6 Å². The molecule has 1 aromatic rings. The van der Waals surface area contributed by atoms with Gasteiger partial charge in [-0.2, -0.15) is 0 Å². The Kier molecular flexibility index (Phi) is 14.6. The minimum absolute atomic E-state index is 0.146. The van der Waals surface area contributed by atoms with E-state index in [0.29, 0.717) is 12.1 Å². The SMILES string of the molecule is C#C.CC.CC\C=C/C(C)=C\C(C)=C\C(=N)C1c2nc[nH]c2CCN1C(=O)/C(OC)=C(/C)C(F)F. The van der Waals surface area contributed by atoms with E-state index in [2.05, 4.69) is 29.7 Å². The van der Waals surface area contributed by atoms with Crippen LogP contribution in [0.2, 0.25) is 0 Å². The van der Waals surface area contributed by atoms with E-state index in [1.807, 2.05) is 45.9 Å². The monoisotopic (exact) mass is 488 g/mol. The summed E-state index contributed by atoms with van der Waals surface area (Å²) in [5, 5.41) is 8.70. The Labute approximate surface area is 208 Å². The van der Waals surface area contributed by atoms with Gasteiger partial charge < -0.3 is 20.0 Å². The number of rotatable bonds is 8. The van der Waals surface area contributed by atoms with Gasteiger partial charge in [0.05, 0.1) is 24.8 Å². The Balaban J connectivity index is 0.00000274. The van der Waals surface area contributed by atoms with Crippen molar-refractivity contribution in [2.75, 3.05) is 13.7 Å². The average Bonchev–Trinajstić information content (AvgIpc) is 3.33. The summed E-state index contributed by atoms with van der Waals surface area (Å²) >= 11 is 0. The van der Waals surface area contributed by atoms with Crippen LogP contribution in [0.5, 0.6) is 0 Å². The first kappa shape index (κ1) is 31.5. The number of amides is 1. The predicted octanol–water partition coefficient (Wildman–Crippen LogP) is 6.18. The molecule has 192 valence electrons. The number of aromatic nitrogens is 2. The largest absolute Gasteiger partial charge is 0.491 e. The van der Waals surface area contributed by atoms with E-state index in [4.69, 9.17) is 10.1 Å². The van der Waals surface area contributed by atoms with Gasteiger partial charge in [-0.05, 0) is 38.8 Å². The van der Waals surface area contributed by atoms with Crippen LogP contribution >= 0.6 is 0 Å². The fourth-order valence-corrected chi connectivity index (χ4v) is 3.53. The van der Waals surface area contributed by atoms with E-state index < -0.39 is 29.7 Å². The van der Waals surface area contributed by atoms with Gasteiger partial charge >= 0.3 is 0 Å². The van der Waals surface area contributed by atoms with E-state index in [-0.39, 0.29) is 12.3 Å². The maximum Gasteiger partial charge on any atom is 0.289 e. The molecule has 1 aliphatic heterocycles.